The number of hydrogen-bond donors (Lipinski definition) is 0. The molecule has 0 saturated carbocycles. The van der Waals surface area contributed by atoms with Crippen LogP contribution in [0.1, 0.15) is 30.9 Å². The molecule has 0 aromatic heterocycles. The minimum Gasteiger partial charge on any atom is -0.442 e. The minimum atomic E-state index is -0.623. The van der Waals surface area contributed by atoms with Crippen LogP contribution in [0.15, 0.2) is 60.7 Å². The molecule has 1 fully saturated rings. The number of amides is 1. The first kappa shape index (κ1) is 14.6. The molecule has 1 amide bonds. The Bertz CT molecular complexity index is 593. The summed E-state index contributed by atoms with van der Waals surface area (Å²) in [6.07, 6.45) is -0.220. The fraction of sp³-hybridized carbons (Fsp3) is 0.316. The van der Waals surface area contributed by atoms with E-state index in [1.165, 1.54) is 0 Å². The normalized spacial score (nSPS) is 14.0. The van der Waals surface area contributed by atoms with Gasteiger partial charge in [-0.25, -0.2) is 4.79 Å². The van der Waals surface area contributed by atoms with E-state index in [0.29, 0.717) is 0 Å². The van der Waals surface area contributed by atoms with Crippen molar-refractivity contribution >= 4 is 6.09 Å². The van der Waals surface area contributed by atoms with Crippen molar-refractivity contribution in [1.29, 1.82) is 0 Å². The van der Waals surface area contributed by atoms with Gasteiger partial charge in [0.25, 0.3) is 0 Å². The number of carbonyl (C=O) groups excluding carboxylic acids is 1. The van der Waals surface area contributed by atoms with E-state index < -0.39 is 5.60 Å². The lowest BCUT2D eigenvalue weighted by atomic mass is 9.79. The lowest BCUT2D eigenvalue weighted by molar-refractivity contribution is 0.0180. The first-order valence-electron chi connectivity index (χ1n) is 7.66. The Kier molecular flexibility index (Phi) is 3.88. The first-order chi connectivity index (χ1) is 10.6. The van der Waals surface area contributed by atoms with Gasteiger partial charge in [0, 0.05) is 19.0 Å². The van der Waals surface area contributed by atoms with Gasteiger partial charge in [-0.2, -0.15) is 0 Å². The van der Waals surface area contributed by atoms with Crippen molar-refractivity contribution in [3.05, 3.63) is 71.8 Å². The van der Waals surface area contributed by atoms with Crippen molar-refractivity contribution in [2.75, 3.05) is 13.1 Å². The predicted octanol–water partition coefficient (Wildman–Crippen LogP) is 4.05. The lowest BCUT2D eigenvalue weighted by Gasteiger charge is -2.35. The summed E-state index contributed by atoms with van der Waals surface area (Å²) in [7, 11) is 0. The van der Waals surface area contributed by atoms with Crippen LogP contribution in [0.2, 0.25) is 0 Å². The Balaban J connectivity index is 1.95. The third-order valence-electron chi connectivity index (χ3n) is 4.02. The highest BCUT2D eigenvalue weighted by atomic mass is 16.6. The smallest absolute Gasteiger partial charge is 0.410 e. The highest BCUT2D eigenvalue weighted by Crippen LogP contribution is 2.37. The lowest BCUT2D eigenvalue weighted by Crippen LogP contribution is -2.37. The Hall–Kier alpha value is -2.29. The molecular formula is C19H21NO2. The third-order valence-corrected chi connectivity index (χ3v) is 4.02. The summed E-state index contributed by atoms with van der Waals surface area (Å²) in [5.41, 5.74) is 1.68. The van der Waals surface area contributed by atoms with Gasteiger partial charge in [0.05, 0.1) is 0 Å². The van der Waals surface area contributed by atoms with Crippen LogP contribution >= 0.6 is 0 Å². The molecule has 22 heavy (non-hydrogen) atoms. The number of ether oxygens (including phenoxy) is 1. The number of nitrogens with zero attached hydrogens (tertiary/aromatic N) is 1. The van der Waals surface area contributed by atoms with Gasteiger partial charge in [-0.1, -0.05) is 60.7 Å². The fourth-order valence-electron chi connectivity index (χ4n) is 2.87. The summed E-state index contributed by atoms with van der Waals surface area (Å²) in [6, 6.07) is 20.4. The summed E-state index contributed by atoms with van der Waals surface area (Å²) < 4.78 is 5.82. The molecule has 0 radical (unpaired) electrons. The van der Waals surface area contributed by atoms with Crippen LogP contribution in [0, 0.1) is 0 Å². The molecule has 2 aromatic rings. The van der Waals surface area contributed by atoms with Gasteiger partial charge in [0.15, 0.2) is 0 Å². The predicted molar refractivity (Wildman–Crippen MR) is 86.9 cm³/mol. The first-order valence-corrected chi connectivity index (χ1v) is 7.66. The van der Waals surface area contributed by atoms with Crippen LogP contribution in [-0.4, -0.2) is 29.7 Å². The van der Waals surface area contributed by atoms with Gasteiger partial charge in [-0.05, 0) is 25.0 Å². The summed E-state index contributed by atoms with van der Waals surface area (Å²) in [6.45, 7) is 5.57. The van der Waals surface area contributed by atoms with E-state index in [2.05, 4.69) is 24.3 Å². The molecule has 3 nitrogen and oxygen atoms in total. The average Bonchev–Trinajstić information content (AvgIpc) is 3.33. The maximum Gasteiger partial charge on any atom is 0.410 e. The molecule has 1 saturated heterocycles. The number of rotatable bonds is 4. The van der Waals surface area contributed by atoms with E-state index in [0.717, 1.165) is 24.2 Å². The number of benzene rings is 2. The summed E-state index contributed by atoms with van der Waals surface area (Å²) >= 11 is 0. The van der Waals surface area contributed by atoms with Crippen molar-refractivity contribution in [1.82, 2.24) is 4.90 Å². The molecule has 2 aromatic carbocycles. The molecule has 0 bridgehead atoms. The van der Waals surface area contributed by atoms with Crippen LogP contribution in [0.25, 0.3) is 0 Å². The number of carbonyl (C=O) groups is 1. The summed E-state index contributed by atoms with van der Waals surface area (Å²) in [5, 5.41) is 0. The zero-order valence-corrected chi connectivity index (χ0v) is 13.0. The quantitative estimate of drug-likeness (QED) is 0.796. The maximum absolute atomic E-state index is 12.1. The SMILES string of the molecule is CC(C)(OC(=O)N1CC1)C(c1ccccc1)c1ccccc1. The van der Waals surface area contributed by atoms with E-state index in [-0.39, 0.29) is 12.0 Å². The van der Waals surface area contributed by atoms with Gasteiger partial charge >= 0.3 is 6.09 Å². The van der Waals surface area contributed by atoms with Crippen LogP contribution in [-0.2, 0) is 4.74 Å². The molecule has 0 atom stereocenters. The molecule has 3 rings (SSSR count). The molecule has 0 N–H and O–H groups in total. The second-order valence-electron chi connectivity index (χ2n) is 6.21. The largest absolute Gasteiger partial charge is 0.442 e. The van der Waals surface area contributed by atoms with Crippen molar-refractivity contribution in [3.63, 3.8) is 0 Å². The van der Waals surface area contributed by atoms with E-state index in [4.69, 9.17) is 4.74 Å². The van der Waals surface area contributed by atoms with Gasteiger partial charge in [0.2, 0.25) is 0 Å². The fourth-order valence-corrected chi connectivity index (χ4v) is 2.87. The molecule has 1 heterocycles. The molecule has 0 unspecified atom stereocenters. The molecule has 0 spiro atoms. The van der Waals surface area contributed by atoms with Crippen molar-refractivity contribution in [2.24, 2.45) is 0 Å². The Morgan fingerprint density at radius 1 is 0.955 bits per heavy atom. The highest BCUT2D eigenvalue weighted by molar-refractivity contribution is 5.70. The van der Waals surface area contributed by atoms with E-state index in [9.17, 15) is 4.79 Å². The van der Waals surface area contributed by atoms with E-state index in [1.807, 2.05) is 50.2 Å². The molecule has 1 aliphatic heterocycles. The minimum absolute atomic E-state index is 0.00111. The summed E-state index contributed by atoms with van der Waals surface area (Å²) in [5.74, 6) is -0.00111. The van der Waals surface area contributed by atoms with E-state index >= 15 is 0 Å². The van der Waals surface area contributed by atoms with Crippen molar-refractivity contribution < 1.29 is 9.53 Å². The van der Waals surface area contributed by atoms with Gasteiger partial charge in [-0.15, -0.1) is 0 Å². The zero-order valence-electron chi connectivity index (χ0n) is 13.0. The Morgan fingerprint density at radius 3 is 1.82 bits per heavy atom. The van der Waals surface area contributed by atoms with Crippen LogP contribution < -0.4 is 0 Å². The second-order valence-corrected chi connectivity index (χ2v) is 6.21. The van der Waals surface area contributed by atoms with Gasteiger partial charge < -0.3 is 9.64 Å². The third kappa shape index (κ3) is 3.14. The standard InChI is InChI=1S/C19H21NO2/c1-19(2,22-18(21)20-13-14-20)17(15-9-5-3-6-10-15)16-11-7-4-8-12-16/h3-12,17H,13-14H2,1-2H3. The zero-order chi connectivity index (χ0) is 15.6. The molecule has 0 aliphatic carbocycles. The second kappa shape index (κ2) is 5.84. The maximum atomic E-state index is 12.1. The van der Waals surface area contributed by atoms with Crippen molar-refractivity contribution in [2.45, 2.75) is 25.4 Å². The molecule has 1 aliphatic rings. The van der Waals surface area contributed by atoms with Crippen molar-refractivity contribution in [3.8, 4) is 0 Å². The Morgan fingerprint density at radius 2 is 1.41 bits per heavy atom. The molecule has 3 heteroatoms. The topological polar surface area (TPSA) is 29.3 Å². The van der Waals surface area contributed by atoms with Crippen LogP contribution in [0.5, 0.6) is 0 Å². The Labute approximate surface area is 131 Å². The monoisotopic (exact) mass is 295 g/mol. The van der Waals surface area contributed by atoms with Gasteiger partial charge in [0.1, 0.15) is 5.60 Å². The number of hydrogen-bond acceptors (Lipinski definition) is 2. The van der Waals surface area contributed by atoms with E-state index in [1.54, 1.807) is 4.90 Å². The van der Waals surface area contributed by atoms with Crippen LogP contribution in [0.3, 0.4) is 0 Å². The van der Waals surface area contributed by atoms with Gasteiger partial charge in [-0.3, -0.25) is 0 Å². The average molecular weight is 295 g/mol. The summed E-state index contributed by atoms with van der Waals surface area (Å²) in [4.78, 5) is 13.8. The van der Waals surface area contributed by atoms with Crippen LogP contribution in [0.4, 0.5) is 4.79 Å². The molecular weight excluding hydrogens is 274 g/mol. The highest BCUT2D eigenvalue weighted by Gasteiger charge is 2.38. The molecule has 114 valence electrons.